The summed E-state index contributed by atoms with van der Waals surface area (Å²) in [6.07, 6.45) is 2.44. The largest absolute Gasteiger partial charge is 0.348 e. The molecule has 3 aromatic rings. The molecule has 1 amide bonds. The predicted octanol–water partition coefficient (Wildman–Crippen LogP) is 4.78. The molecule has 27 heavy (non-hydrogen) atoms. The molecule has 2 aromatic carbocycles. The fourth-order valence-corrected chi connectivity index (χ4v) is 5.61. The molecule has 1 unspecified atom stereocenters. The average Bonchev–Trinajstić information content (AvgIpc) is 3.14. The van der Waals surface area contributed by atoms with Crippen LogP contribution in [0.25, 0.3) is 16.6 Å². The molecule has 0 bridgehead atoms. The Kier molecular flexibility index (Phi) is 4.75. The molecule has 3 N–H and O–H groups in total. The average molecular weight is 453 g/mol. The summed E-state index contributed by atoms with van der Waals surface area (Å²) in [6.45, 7) is 0. The number of hydrogen-bond donors (Lipinski definition) is 3. The molecule has 8 heteroatoms. The SMILES string of the molecule is O=C(NC1CCS(O)(O)C1)c1ccc2c(Br)cn(-c3ccc(F)cc3)c2c1. The Hall–Kier alpha value is -1.87. The monoisotopic (exact) mass is 452 g/mol. The number of carbonyl (C=O) groups is 1. The van der Waals surface area contributed by atoms with Gasteiger partial charge in [0.25, 0.3) is 5.91 Å². The smallest absolute Gasteiger partial charge is 0.251 e. The lowest BCUT2D eigenvalue weighted by Crippen LogP contribution is -2.35. The summed E-state index contributed by atoms with van der Waals surface area (Å²) in [5.41, 5.74) is 2.09. The van der Waals surface area contributed by atoms with Crippen LogP contribution in [0.15, 0.2) is 53.1 Å². The molecule has 1 aliphatic rings. The van der Waals surface area contributed by atoms with Crippen molar-refractivity contribution in [3.05, 3.63) is 64.5 Å². The van der Waals surface area contributed by atoms with Gasteiger partial charge < -0.3 is 9.88 Å². The summed E-state index contributed by atoms with van der Waals surface area (Å²) in [7, 11) is -2.56. The number of hydrogen-bond acceptors (Lipinski definition) is 3. The van der Waals surface area contributed by atoms with E-state index in [4.69, 9.17) is 0 Å². The third kappa shape index (κ3) is 3.75. The highest BCUT2D eigenvalue weighted by molar-refractivity contribution is 9.10. The molecule has 1 aromatic heterocycles. The maximum absolute atomic E-state index is 13.2. The summed E-state index contributed by atoms with van der Waals surface area (Å²) >= 11 is 3.53. The van der Waals surface area contributed by atoms with Crippen LogP contribution in [0.2, 0.25) is 0 Å². The molecule has 1 fully saturated rings. The van der Waals surface area contributed by atoms with E-state index in [9.17, 15) is 18.3 Å². The van der Waals surface area contributed by atoms with Crippen LogP contribution in [-0.4, -0.2) is 37.1 Å². The summed E-state index contributed by atoms with van der Waals surface area (Å²) < 4.78 is 35.5. The van der Waals surface area contributed by atoms with Gasteiger partial charge in [-0.3, -0.25) is 13.9 Å². The van der Waals surface area contributed by atoms with Crippen LogP contribution in [0.5, 0.6) is 0 Å². The highest BCUT2D eigenvalue weighted by Gasteiger charge is 2.29. The van der Waals surface area contributed by atoms with Crippen LogP contribution in [0.4, 0.5) is 4.39 Å². The second-order valence-electron chi connectivity index (χ2n) is 6.69. The first-order valence-corrected chi connectivity index (χ1v) is 11.1. The number of amides is 1. The van der Waals surface area contributed by atoms with E-state index in [2.05, 4.69) is 21.2 Å². The van der Waals surface area contributed by atoms with Crippen molar-refractivity contribution >= 4 is 43.3 Å². The van der Waals surface area contributed by atoms with Crippen molar-refractivity contribution in [1.29, 1.82) is 0 Å². The Balaban J connectivity index is 1.66. The Labute approximate surface area is 165 Å². The van der Waals surface area contributed by atoms with Gasteiger partial charge >= 0.3 is 0 Å². The van der Waals surface area contributed by atoms with Crippen LogP contribution < -0.4 is 5.32 Å². The van der Waals surface area contributed by atoms with E-state index in [-0.39, 0.29) is 23.5 Å². The number of halogens is 2. The topological polar surface area (TPSA) is 74.5 Å². The Bertz CT molecular complexity index is 1020. The molecule has 0 aliphatic carbocycles. The molecule has 5 nitrogen and oxygen atoms in total. The van der Waals surface area contributed by atoms with Gasteiger partial charge in [0.05, 0.1) is 11.3 Å². The van der Waals surface area contributed by atoms with Crippen molar-refractivity contribution in [3.63, 3.8) is 0 Å². The molecule has 1 aliphatic heterocycles. The third-order valence-electron chi connectivity index (χ3n) is 4.72. The van der Waals surface area contributed by atoms with Crippen molar-refractivity contribution in [2.75, 3.05) is 11.5 Å². The minimum absolute atomic E-state index is 0.207. The van der Waals surface area contributed by atoms with Gasteiger partial charge in [-0.2, -0.15) is 10.6 Å². The second kappa shape index (κ2) is 6.94. The fraction of sp³-hybridized carbons (Fsp3) is 0.211. The van der Waals surface area contributed by atoms with E-state index < -0.39 is 10.6 Å². The lowest BCUT2D eigenvalue weighted by molar-refractivity contribution is 0.0941. The molecule has 0 spiro atoms. The minimum atomic E-state index is -2.56. The number of benzene rings is 2. The molecule has 0 radical (unpaired) electrons. The van der Waals surface area contributed by atoms with Crippen molar-refractivity contribution in [2.24, 2.45) is 0 Å². The van der Waals surface area contributed by atoms with Gasteiger partial charge in [-0.05, 0) is 58.7 Å². The maximum atomic E-state index is 13.2. The first kappa shape index (κ1) is 18.5. The van der Waals surface area contributed by atoms with Crippen LogP contribution in [-0.2, 0) is 0 Å². The van der Waals surface area contributed by atoms with Gasteiger partial charge in [-0.15, -0.1) is 0 Å². The van der Waals surface area contributed by atoms with Gasteiger partial charge in [0.2, 0.25) is 0 Å². The Morgan fingerprint density at radius 3 is 2.63 bits per heavy atom. The molecular weight excluding hydrogens is 435 g/mol. The number of nitrogens with one attached hydrogen (secondary N) is 1. The normalized spacial score (nSPS) is 19.9. The van der Waals surface area contributed by atoms with Gasteiger partial charge in [-0.1, -0.05) is 6.07 Å². The van der Waals surface area contributed by atoms with Crippen LogP contribution >= 0.6 is 26.5 Å². The molecular formula is C19H18BrFN2O3S. The standard InChI is InChI=1S/C19H18BrFN2O3S/c20-17-10-23(15-4-2-13(21)3-5-15)18-9-12(1-6-16(17)18)19(24)22-14-7-8-27(25,26)11-14/h1-6,9-10,14,25-26H,7-8,11H2,(H,22,24). The summed E-state index contributed by atoms with van der Waals surface area (Å²) in [4.78, 5) is 12.6. The number of aromatic nitrogens is 1. The highest BCUT2D eigenvalue weighted by atomic mass is 79.9. The minimum Gasteiger partial charge on any atom is -0.348 e. The molecule has 1 atom stereocenters. The van der Waals surface area contributed by atoms with Gasteiger partial charge in [0.1, 0.15) is 5.82 Å². The first-order valence-electron chi connectivity index (χ1n) is 8.43. The van der Waals surface area contributed by atoms with E-state index >= 15 is 0 Å². The van der Waals surface area contributed by atoms with Crippen LogP contribution in [0.1, 0.15) is 16.8 Å². The van der Waals surface area contributed by atoms with Crippen LogP contribution in [0, 0.1) is 5.82 Å². The molecule has 2 heterocycles. The van der Waals surface area contributed by atoms with Crippen molar-refractivity contribution in [2.45, 2.75) is 12.5 Å². The Morgan fingerprint density at radius 1 is 1.22 bits per heavy atom. The summed E-state index contributed by atoms with van der Waals surface area (Å²) in [5, 5.41) is 3.82. The maximum Gasteiger partial charge on any atom is 0.251 e. The van der Waals surface area contributed by atoms with E-state index in [0.717, 1.165) is 21.1 Å². The predicted molar refractivity (Wildman–Crippen MR) is 109 cm³/mol. The number of nitrogens with zero attached hydrogens (tertiary/aromatic N) is 1. The number of carbonyl (C=O) groups excluding carboxylic acids is 1. The Morgan fingerprint density at radius 2 is 1.96 bits per heavy atom. The van der Waals surface area contributed by atoms with E-state index in [1.54, 1.807) is 24.3 Å². The summed E-state index contributed by atoms with van der Waals surface area (Å²) in [5.74, 6) is -0.0191. The number of fused-ring (bicyclic) bond motifs is 1. The molecule has 4 rings (SSSR count). The van der Waals surface area contributed by atoms with Gasteiger partial charge in [0.15, 0.2) is 0 Å². The molecule has 1 saturated heterocycles. The zero-order valence-corrected chi connectivity index (χ0v) is 16.6. The van der Waals surface area contributed by atoms with Gasteiger partial charge in [0, 0.05) is 39.1 Å². The molecule has 0 saturated carbocycles. The lowest BCUT2D eigenvalue weighted by atomic mass is 10.1. The number of rotatable bonds is 3. The van der Waals surface area contributed by atoms with E-state index in [1.807, 2.05) is 16.8 Å². The van der Waals surface area contributed by atoms with Crippen molar-refractivity contribution in [1.82, 2.24) is 9.88 Å². The fourth-order valence-electron chi connectivity index (χ4n) is 3.34. The first-order chi connectivity index (χ1) is 12.8. The lowest BCUT2D eigenvalue weighted by Gasteiger charge is -2.26. The quantitative estimate of drug-likeness (QED) is 0.534. The summed E-state index contributed by atoms with van der Waals surface area (Å²) in [6, 6.07) is 11.3. The van der Waals surface area contributed by atoms with Crippen LogP contribution in [0.3, 0.4) is 0 Å². The molecule has 142 valence electrons. The van der Waals surface area contributed by atoms with E-state index in [0.29, 0.717) is 17.7 Å². The third-order valence-corrected chi connectivity index (χ3v) is 7.18. The van der Waals surface area contributed by atoms with E-state index in [1.165, 1.54) is 12.1 Å². The van der Waals surface area contributed by atoms with Gasteiger partial charge in [-0.25, -0.2) is 4.39 Å². The van der Waals surface area contributed by atoms with Crippen molar-refractivity contribution in [3.8, 4) is 5.69 Å². The zero-order valence-electron chi connectivity index (χ0n) is 14.2. The van der Waals surface area contributed by atoms with Crippen molar-refractivity contribution < 1.29 is 18.3 Å². The second-order valence-corrected chi connectivity index (χ2v) is 9.89. The zero-order chi connectivity index (χ0) is 19.2. The highest BCUT2D eigenvalue weighted by Crippen LogP contribution is 2.45.